The quantitative estimate of drug-likeness (QED) is 0.645. The second-order valence-corrected chi connectivity index (χ2v) is 4.16. The lowest BCUT2D eigenvalue weighted by atomic mass is 10.1. The first-order valence-electron chi connectivity index (χ1n) is 5.95. The molecule has 0 aliphatic rings. The van der Waals surface area contributed by atoms with Gasteiger partial charge in [-0.1, -0.05) is 12.1 Å². The molecule has 0 aliphatic carbocycles. The van der Waals surface area contributed by atoms with Crippen molar-refractivity contribution in [2.75, 3.05) is 17.6 Å². The number of nitro groups is 1. The fourth-order valence-electron chi connectivity index (χ4n) is 1.71. The molecule has 3 N–H and O–H groups in total. The molecule has 2 aromatic rings. The van der Waals surface area contributed by atoms with Crippen LogP contribution in [0.15, 0.2) is 36.4 Å². The highest BCUT2D eigenvalue weighted by atomic mass is 19.1. The summed E-state index contributed by atoms with van der Waals surface area (Å²) in [5.74, 6) is 0.0727. The summed E-state index contributed by atoms with van der Waals surface area (Å²) in [7, 11) is 0. The summed E-state index contributed by atoms with van der Waals surface area (Å²) in [4.78, 5) is 13.9. The van der Waals surface area contributed by atoms with Crippen LogP contribution in [0.25, 0.3) is 0 Å². The van der Waals surface area contributed by atoms with Crippen LogP contribution in [-0.2, 0) is 6.42 Å². The molecular weight excluding hydrogens is 263 g/mol. The first-order chi connectivity index (χ1) is 9.56. The number of rotatable bonds is 5. The van der Waals surface area contributed by atoms with Gasteiger partial charge in [0, 0.05) is 12.6 Å². The Labute approximate surface area is 114 Å². The zero-order valence-corrected chi connectivity index (χ0v) is 10.5. The molecular formula is C13H13FN4O2. The molecule has 2 rings (SSSR count). The van der Waals surface area contributed by atoms with Gasteiger partial charge in [-0.2, -0.15) is 0 Å². The molecule has 0 spiro atoms. The largest absolute Gasteiger partial charge is 0.378 e. The van der Waals surface area contributed by atoms with Crippen LogP contribution in [0.3, 0.4) is 0 Å². The van der Waals surface area contributed by atoms with Crippen LogP contribution in [0.4, 0.5) is 21.7 Å². The molecule has 20 heavy (non-hydrogen) atoms. The van der Waals surface area contributed by atoms with Crippen molar-refractivity contribution >= 4 is 17.3 Å². The van der Waals surface area contributed by atoms with Gasteiger partial charge in [0.2, 0.25) is 5.82 Å². The van der Waals surface area contributed by atoms with Crippen molar-refractivity contribution in [3.05, 3.63) is 57.9 Å². The van der Waals surface area contributed by atoms with Gasteiger partial charge in [0.15, 0.2) is 0 Å². The predicted octanol–water partition coefficient (Wildman–Crippen LogP) is 2.37. The van der Waals surface area contributed by atoms with E-state index in [0.717, 1.165) is 5.56 Å². The summed E-state index contributed by atoms with van der Waals surface area (Å²) >= 11 is 0. The molecule has 1 aromatic heterocycles. The molecule has 6 nitrogen and oxygen atoms in total. The van der Waals surface area contributed by atoms with E-state index in [0.29, 0.717) is 18.8 Å². The van der Waals surface area contributed by atoms with Gasteiger partial charge < -0.3 is 11.1 Å². The fraction of sp³-hybridized carbons (Fsp3) is 0.154. The highest BCUT2D eigenvalue weighted by Crippen LogP contribution is 2.20. The minimum absolute atomic E-state index is 0.123. The SMILES string of the molecule is Nc1nc(NCCc2ccc(F)cc2)ccc1[N+](=O)[O-]. The molecule has 0 aliphatic heterocycles. The number of hydrogen-bond acceptors (Lipinski definition) is 5. The molecule has 0 atom stereocenters. The molecule has 0 saturated carbocycles. The minimum atomic E-state index is -0.579. The molecule has 0 fully saturated rings. The first kappa shape index (κ1) is 13.7. The van der Waals surface area contributed by atoms with E-state index < -0.39 is 4.92 Å². The zero-order chi connectivity index (χ0) is 14.5. The third-order valence-electron chi connectivity index (χ3n) is 2.73. The molecule has 0 saturated heterocycles. The molecule has 104 valence electrons. The average Bonchev–Trinajstić information content (AvgIpc) is 2.41. The van der Waals surface area contributed by atoms with Crippen molar-refractivity contribution < 1.29 is 9.31 Å². The lowest BCUT2D eigenvalue weighted by Crippen LogP contribution is -2.08. The second-order valence-electron chi connectivity index (χ2n) is 4.16. The molecule has 0 unspecified atom stereocenters. The standard InChI is InChI=1S/C13H13FN4O2/c14-10-3-1-9(2-4-10)7-8-16-12-6-5-11(18(19)20)13(15)17-12/h1-6H,7-8H2,(H3,15,16,17). The van der Waals surface area contributed by atoms with Gasteiger partial charge in [-0.15, -0.1) is 0 Å². The van der Waals surface area contributed by atoms with Crippen LogP contribution in [0.1, 0.15) is 5.56 Å². The molecule has 0 amide bonds. The summed E-state index contributed by atoms with van der Waals surface area (Å²) in [6.07, 6.45) is 0.679. The lowest BCUT2D eigenvalue weighted by Gasteiger charge is -2.06. The van der Waals surface area contributed by atoms with E-state index in [4.69, 9.17) is 5.73 Å². The van der Waals surface area contributed by atoms with Gasteiger partial charge in [0.1, 0.15) is 11.6 Å². The minimum Gasteiger partial charge on any atom is -0.378 e. The number of anilines is 2. The Bertz CT molecular complexity index is 616. The number of halogens is 1. The Morgan fingerprint density at radius 3 is 2.55 bits per heavy atom. The number of nitrogens with zero attached hydrogens (tertiary/aromatic N) is 2. The summed E-state index contributed by atoms with van der Waals surface area (Å²) in [5.41, 5.74) is 6.25. The summed E-state index contributed by atoms with van der Waals surface area (Å²) in [6.45, 7) is 0.565. The van der Waals surface area contributed by atoms with Crippen LogP contribution in [0.5, 0.6) is 0 Å². The van der Waals surface area contributed by atoms with Gasteiger partial charge in [0.25, 0.3) is 0 Å². The molecule has 1 aromatic carbocycles. The number of benzene rings is 1. The van der Waals surface area contributed by atoms with Crippen LogP contribution >= 0.6 is 0 Å². The van der Waals surface area contributed by atoms with Gasteiger partial charge in [-0.3, -0.25) is 10.1 Å². The highest BCUT2D eigenvalue weighted by molar-refractivity contribution is 5.57. The van der Waals surface area contributed by atoms with E-state index >= 15 is 0 Å². The number of nitrogens with two attached hydrogens (primary N) is 1. The highest BCUT2D eigenvalue weighted by Gasteiger charge is 2.12. The van der Waals surface area contributed by atoms with E-state index in [1.165, 1.54) is 24.3 Å². The maximum Gasteiger partial charge on any atom is 0.311 e. The zero-order valence-electron chi connectivity index (χ0n) is 10.5. The number of pyridine rings is 1. The normalized spacial score (nSPS) is 10.2. The Morgan fingerprint density at radius 1 is 1.25 bits per heavy atom. The van der Waals surface area contributed by atoms with Crippen LogP contribution in [0, 0.1) is 15.9 Å². The third kappa shape index (κ3) is 3.41. The van der Waals surface area contributed by atoms with E-state index in [1.807, 2.05) is 0 Å². The molecule has 0 bridgehead atoms. The van der Waals surface area contributed by atoms with Crippen LogP contribution < -0.4 is 11.1 Å². The van der Waals surface area contributed by atoms with Crippen molar-refractivity contribution in [3.63, 3.8) is 0 Å². The maximum absolute atomic E-state index is 12.7. The number of nitrogens with one attached hydrogen (secondary N) is 1. The number of aromatic nitrogens is 1. The Morgan fingerprint density at radius 2 is 1.95 bits per heavy atom. The van der Waals surface area contributed by atoms with E-state index in [2.05, 4.69) is 10.3 Å². The van der Waals surface area contributed by atoms with Crippen molar-refractivity contribution in [3.8, 4) is 0 Å². The van der Waals surface area contributed by atoms with Crippen molar-refractivity contribution in [2.24, 2.45) is 0 Å². The van der Waals surface area contributed by atoms with Crippen LogP contribution in [-0.4, -0.2) is 16.5 Å². The number of hydrogen-bond donors (Lipinski definition) is 2. The Hall–Kier alpha value is -2.70. The maximum atomic E-state index is 12.7. The summed E-state index contributed by atoms with van der Waals surface area (Å²) < 4.78 is 12.7. The van der Waals surface area contributed by atoms with E-state index in [9.17, 15) is 14.5 Å². The van der Waals surface area contributed by atoms with Gasteiger partial charge in [-0.05, 0) is 30.2 Å². The second kappa shape index (κ2) is 5.96. The fourth-order valence-corrected chi connectivity index (χ4v) is 1.71. The first-order valence-corrected chi connectivity index (χ1v) is 5.95. The Balaban J connectivity index is 1.92. The van der Waals surface area contributed by atoms with Crippen molar-refractivity contribution in [2.45, 2.75) is 6.42 Å². The predicted molar refractivity (Wildman–Crippen MR) is 73.9 cm³/mol. The summed E-state index contributed by atoms with van der Waals surface area (Å²) in [5, 5.41) is 13.6. The summed E-state index contributed by atoms with van der Waals surface area (Å²) in [6, 6.07) is 9.01. The third-order valence-corrected chi connectivity index (χ3v) is 2.73. The monoisotopic (exact) mass is 276 g/mol. The lowest BCUT2D eigenvalue weighted by molar-refractivity contribution is -0.384. The molecule has 7 heteroatoms. The van der Waals surface area contributed by atoms with E-state index in [1.54, 1.807) is 12.1 Å². The average molecular weight is 276 g/mol. The molecule has 0 radical (unpaired) electrons. The van der Waals surface area contributed by atoms with Gasteiger partial charge in [0.05, 0.1) is 4.92 Å². The number of nitrogen functional groups attached to an aromatic ring is 1. The van der Waals surface area contributed by atoms with Crippen LogP contribution in [0.2, 0.25) is 0 Å². The smallest absolute Gasteiger partial charge is 0.311 e. The van der Waals surface area contributed by atoms with Gasteiger partial charge in [-0.25, -0.2) is 9.37 Å². The van der Waals surface area contributed by atoms with Crippen molar-refractivity contribution in [1.82, 2.24) is 4.98 Å². The van der Waals surface area contributed by atoms with Gasteiger partial charge >= 0.3 is 5.69 Å². The molecule has 1 heterocycles. The topological polar surface area (TPSA) is 94.1 Å². The van der Waals surface area contributed by atoms with E-state index in [-0.39, 0.29) is 17.3 Å². The Kier molecular flexibility index (Phi) is 4.09. The van der Waals surface area contributed by atoms with Crippen molar-refractivity contribution in [1.29, 1.82) is 0 Å².